The van der Waals surface area contributed by atoms with Crippen LogP contribution in [0.4, 0.5) is 17.1 Å². The first-order valence-corrected chi connectivity index (χ1v) is 17.8. The molecule has 0 saturated heterocycles. The normalized spacial score (nSPS) is 12.1. The van der Waals surface area contributed by atoms with Crippen LogP contribution in [0.25, 0.3) is 84.8 Å². The second-order valence-corrected chi connectivity index (χ2v) is 14.5. The SMILES string of the molecule is c1ccc2oc(-c3cccc4oc5cc(N(c6ccc7sc8ccccc8c7c6)c6ccc7sc8ccccc8c7c6)ccc5c34)nc2c1. The van der Waals surface area contributed by atoms with E-state index in [2.05, 4.69) is 114 Å². The van der Waals surface area contributed by atoms with Gasteiger partial charge in [-0.3, -0.25) is 0 Å². The fourth-order valence-corrected chi connectivity index (χ4v) is 9.45. The van der Waals surface area contributed by atoms with Gasteiger partial charge in [-0.05, 0) is 84.9 Å². The van der Waals surface area contributed by atoms with Gasteiger partial charge in [0.2, 0.25) is 5.89 Å². The van der Waals surface area contributed by atoms with Gasteiger partial charge in [-0.15, -0.1) is 22.7 Å². The molecule has 0 aliphatic heterocycles. The highest BCUT2D eigenvalue weighted by atomic mass is 32.1. The van der Waals surface area contributed by atoms with Crippen molar-refractivity contribution < 1.29 is 8.83 Å². The number of thiophene rings is 2. The number of aromatic nitrogens is 1. The fourth-order valence-electron chi connectivity index (χ4n) is 7.27. The standard InChI is InChI=1S/C43H24N2O2S2/c1-5-14-38-28(8-1)32-22-25(17-20-40(32)48-38)45(26-18-21-41-33(23-26)29-9-2-6-15-39(29)49-41)27-16-19-30-37(24-27)46-36-13-7-10-31(42(30)36)43-44-34-11-3-4-12-35(34)47-43/h1-24H. The Labute approximate surface area is 287 Å². The number of hydrogen-bond acceptors (Lipinski definition) is 6. The third kappa shape index (κ3) is 4.11. The lowest BCUT2D eigenvalue weighted by Crippen LogP contribution is -2.09. The molecule has 0 unspecified atom stereocenters. The van der Waals surface area contributed by atoms with Crippen LogP contribution in [0.5, 0.6) is 0 Å². The summed E-state index contributed by atoms with van der Waals surface area (Å²) in [6.45, 7) is 0. The molecule has 0 spiro atoms. The van der Waals surface area contributed by atoms with Crippen molar-refractivity contribution in [1.29, 1.82) is 0 Å². The molecule has 0 bridgehead atoms. The number of benzene rings is 7. The molecule has 0 saturated carbocycles. The highest BCUT2D eigenvalue weighted by Crippen LogP contribution is 2.45. The zero-order valence-corrected chi connectivity index (χ0v) is 27.5. The molecule has 4 heterocycles. The van der Waals surface area contributed by atoms with Gasteiger partial charge in [0.05, 0.1) is 0 Å². The minimum atomic E-state index is 0.591. The summed E-state index contributed by atoms with van der Waals surface area (Å²) in [6, 6.07) is 51.5. The topological polar surface area (TPSA) is 42.4 Å². The first-order valence-electron chi connectivity index (χ1n) is 16.2. The van der Waals surface area contributed by atoms with E-state index in [1.165, 1.54) is 40.3 Å². The molecule has 0 aliphatic carbocycles. The van der Waals surface area contributed by atoms with E-state index in [0.717, 1.165) is 55.7 Å². The largest absolute Gasteiger partial charge is 0.456 e. The number of furan rings is 1. The molecule has 230 valence electrons. The van der Waals surface area contributed by atoms with Crippen LogP contribution >= 0.6 is 22.7 Å². The van der Waals surface area contributed by atoms with E-state index in [0.29, 0.717) is 5.89 Å². The first kappa shape index (κ1) is 27.0. The Morgan fingerprint density at radius 2 is 1.02 bits per heavy atom. The molecule has 0 atom stereocenters. The minimum absolute atomic E-state index is 0.591. The van der Waals surface area contributed by atoms with Crippen LogP contribution in [0, 0.1) is 0 Å². The maximum atomic E-state index is 6.59. The highest BCUT2D eigenvalue weighted by molar-refractivity contribution is 7.26. The molecule has 0 fully saturated rings. The maximum Gasteiger partial charge on any atom is 0.228 e. The quantitative estimate of drug-likeness (QED) is 0.188. The molecule has 4 aromatic heterocycles. The van der Waals surface area contributed by atoms with Crippen molar-refractivity contribution in [2.45, 2.75) is 0 Å². The van der Waals surface area contributed by atoms with E-state index in [1.54, 1.807) is 0 Å². The fraction of sp³-hybridized carbons (Fsp3) is 0. The van der Waals surface area contributed by atoms with Crippen molar-refractivity contribution in [3.8, 4) is 11.5 Å². The summed E-state index contributed by atoms with van der Waals surface area (Å²) >= 11 is 3.68. The van der Waals surface area contributed by atoms with Crippen molar-refractivity contribution in [1.82, 2.24) is 4.98 Å². The second-order valence-electron chi connectivity index (χ2n) is 12.3. The molecular weight excluding hydrogens is 641 g/mol. The maximum absolute atomic E-state index is 6.59. The molecule has 49 heavy (non-hydrogen) atoms. The van der Waals surface area contributed by atoms with Gasteiger partial charge < -0.3 is 13.7 Å². The molecule has 0 amide bonds. The van der Waals surface area contributed by atoms with Crippen molar-refractivity contribution in [3.63, 3.8) is 0 Å². The molecule has 0 N–H and O–H groups in total. The third-order valence-electron chi connectivity index (χ3n) is 9.50. The monoisotopic (exact) mass is 664 g/mol. The van der Waals surface area contributed by atoms with E-state index in [-0.39, 0.29) is 0 Å². The lowest BCUT2D eigenvalue weighted by Gasteiger charge is -2.26. The van der Waals surface area contributed by atoms with Crippen LogP contribution in [0.2, 0.25) is 0 Å². The van der Waals surface area contributed by atoms with Crippen LogP contribution in [0.1, 0.15) is 0 Å². The summed E-state index contributed by atoms with van der Waals surface area (Å²) in [7, 11) is 0. The Bertz CT molecular complexity index is 2940. The van der Waals surface area contributed by atoms with Gasteiger partial charge in [0.1, 0.15) is 16.7 Å². The molecule has 0 radical (unpaired) electrons. The minimum Gasteiger partial charge on any atom is -0.456 e. The van der Waals surface area contributed by atoms with Crippen LogP contribution in [-0.2, 0) is 0 Å². The molecule has 0 aliphatic rings. The van der Waals surface area contributed by atoms with Crippen LogP contribution in [-0.4, -0.2) is 4.98 Å². The van der Waals surface area contributed by atoms with Crippen LogP contribution < -0.4 is 4.90 Å². The summed E-state index contributed by atoms with van der Waals surface area (Å²) in [5.41, 5.74) is 7.35. The number of nitrogens with zero attached hydrogens (tertiary/aromatic N) is 2. The van der Waals surface area contributed by atoms with Crippen LogP contribution in [0.3, 0.4) is 0 Å². The van der Waals surface area contributed by atoms with Gasteiger partial charge in [-0.2, -0.15) is 0 Å². The zero-order chi connectivity index (χ0) is 32.1. The lowest BCUT2D eigenvalue weighted by molar-refractivity contribution is 0.620. The van der Waals surface area contributed by atoms with Crippen molar-refractivity contribution in [2.75, 3.05) is 4.90 Å². The van der Waals surface area contributed by atoms with E-state index < -0.39 is 0 Å². The predicted molar refractivity (Wildman–Crippen MR) is 207 cm³/mol. The molecule has 4 nitrogen and oxygen atoms in total. The first-order chi connectivity index (χ1) is 24.2. The number of oxazole rings is 1. The van der Waals surface area contributed by atoms with Crippen LogP contribution in [0.15, 0.2) is 154 Å². The van der Waals surface area contributed by atoms with Gasteiger partial charge in [0, 0.05) is 79.8 Å². The average Bonchev–Trinajstić information content (AvgIpc) is 3.92. The van der Waals surface area contributed by atoms with Gasteiger partial charge in [-0.25, -0.2) is 4.98 Å². The Kier molecular flexibility index (Phi) is 5.67. The molecular formula is C43H24N2O2S2. The van der Waals surface area contributed by atoms with Gasteiger partial charge in [0.15, 0.2) is 5.58 Å². The van der Waals surface area contributed by atoms with E-state index in [9.17, 15) is 0 Å². The molecule has 7 aromatic carbocycles. The molecule has 11 aromatic rings. The van der Waals surface area contributed by atoms with Gasteiger partial charge in [-0.1, -0.05) is 54.6 Å². The lowest BCUT2D eigenvalue weighted by atomic mass is 10.0. The Morgan fingerprint density at radius 3 is 1.73 bits per heavy atom. The van der Waals surface area contributed by atoms with Crippen molar-refractivity contribution in [3.05, 3.63) is 146 Å². The van der Waals surface area contributed by atoms with Gasteiger partial charge in [0.25, 0.3) is 0 Å². The number of para-hydroxylation sites is 2. The third-order valence-corrected chi connectivity index (χ3v) is 11.8. The number of rotatable bonds is 4. The number of hydrogen-bond donors (Lipinski definition) is 0. The van der Waals surface area contributed by atoms with E-state index in [4.69, 9.17) is 13.8 Å². The average molecular weight is 665 g/mol. The van der Waals surface area contributed by atoms with E-state index in [1.807, 2.05) is 59.1 Å². The zero-order valence-electron chi connectivity index (χ0n) is 25.9. The Hall–Kier alpha value is -5.95. The Morgan fingerprint density at radius 1 is 0.429 bits per heavy atom. The number of anilines is 3. The summed E-state index contributed by atoms with van der Waals surface area (Å²) in [6.07, 6.45) is 0. The summed E-state index contributed by atoms with van der Waals surface area (Å²) in [5.74, 6) is 0.591. The molecule has 6 heteroatoms. The smallest absolute Gasteiger partial charge is 0.228 e. The Balaban J connectivity index is 1.13. The number of fused-ring (bicyclic) bond motifs is 10. The van der Waals surface area contributed by atoms with E-state index >= 15 is 0 Å². The second kappa shape index (κ2) is 10.3. The summed E-state index contributed by atoms with van der Waals surface area (Å²) in [4.78, 5) is 7.17. The summed E-state index contributed by atoms with van der Waals surface area (Å²) in [5, 5.41) is 7.11. The predicted octanol–water partition coefficient (Wildman–Crippen LogP) is 13.6. The van der Waals surface area contributed by atoms with Crippen molar-refractivity contribution >= 4 is 113 Å². The summed E-state index contributed by atoms with van der Waals surface area (Å²) < 4.78 is 18.0. The van der Waals surface area contributed by atoms with Crippen molar-refractivity contribution in [2.24, 2.45) is 0 Å². The van der Waals surface area contributed by atoms with Gasteiger partial charge >= 0.3 is 0 Å². The highest BCUT2D eigenvalue weighted by Gasteiger charge is 2.21. The molecule has 11 rings (SSSR count).